The van der Waals surface area contributed by atoms with E-state index in [1.54, 1.807) is 0 Å². The third-order valence-corrected chi connectivity index (χ3v) is 4.00. The Balaban J connectivity index is 2.54. The predicted molar refractivity (Wildman–Crippen MR) is 71.5 cm³/mol. The lowest BCUT2D eigenvalue weighted by atomic mass is 9.92. The summed E-state index contributed by atoms with van der Waals surface area (Å²) >= 11 is 0. The summed E-state index contributed by atoms with van der Waals surface area (Å²) in [6.07, 6.45) is 6.68. The Kier molecular flexibility index (Phi) is 6.37. The highest BCUT2D eigenvalue weighted by atomic mass is 15.2. The number of nitrogens with zero attached hydrogens (tertiary/aromatic N) is 1. The van der Waals surface area contributed by atoms with Crippen molar-refractivity contribution in [3.63, 3.8) is 0 Å². The van der Waals surface area contributed by atoms with Crippen LogP contribution in [0.25, 0.3) is 0 Å². The lowest BCUT2D eigenvalue weighted by molar-refractivity contribution is 0.133. The first-order valence-corrected chi connectivity index (χ1v) is 7.20. The average Bonchev–Trinajstić information content (AvgIpc) is 3.09. The van der Waals surface area contributed by atoms with Crippen molar-refractivity contribution in [3.8, 4) is 0 Å². The van der Waals surface area contributed by atoms with Gasteiger partial charge >= 0.3 is 0 Å². The zero-order chi connectivity index (χ0) is 12.0. The van der Waals surface area contributed by atoms with Crippen LogP contribution in [0.5, 0.6) is 0 Å². The van der Waals surface area contributed by atoms with Crippen molar-refractivity contribution in [2.75, 3.05) is 19.6 Å². The number of hydrogen-bond donors (Lipinski definition) is 1. The molecule has 1 aliphatic rings. The van der Waals surface area contributed by atoms with E-state index in [0.29, 0.717) is 6.04 Å². The fraction of sp³-hybridized carbons (Fsp3) is 1.00. The summed E-state index contributed by atoms with van der Waals surface area (Å²) in [7, 11) is 0. The molecule has 1 fully saturated rings. The molecule has 0 saturated heterocycles. The second kappa shape index (κ2) is 7.29. The fourth-order valence-corrected chi connectivity index (χ4v) is 2.78. The molecule has 1 unspecified atom stereocenters. The Morgan fingerprint density at radius 2 is 1.81 bits per heavy atom. The lowest BCUT2D eigenvalue weighted by Crippen LogP contribution is -2.46. The first kappa shape index (κ1) is 14.0. The molecule has 2 N–H and O–H groups in total. The molecule has 2 heteroatoms. The van der Waals surface area contributed by atoms with Crippen LogP contribution in [0.3, 0.4) is 0 Å². The van der Waals surface area contributed by atoms with Crippen molar-refractivity contribution in [1.29, 1.82) is 0 Å². The van der Waals surface area contributed by atoms with Crippen LogP contribution >= 0.6 is 0 Å². The molecule has 1 atom stereocenters. The maximum atomic E-state index is 6.01. The van der Waals surface area contributed by atoms with Crippen LogP contribution < -0.4 is 5.73 Å². The molecule has 0 aromatic carbocycles. The molecule has 1 rings (SSSR count). The molecule has 0 amide bonds. The molecule has 1 saturated carbocycles. The summed E-state index contributed by atoms with van der Waals surface area (Å²) in [5.41, 5.74) is 6.01. The predicted octanol–water partition coefficient (Wildman–Crippen LogP) is 2.87. The molecule has 96 valence electrons. The van der Waals surface area contributed by atoms with Crippen LogP contribution in [0.2, 0.25) is 0 Å². The smallest absolute Gasteiger partial charge is 0.0246 e. The molecule has 0 bridgehead atoms. The molecule has 0 aliphatic heterocycles. The SMILES string of the molecule is CCCN(CC1CC1)C(CN)C(CC)CC. The molecular weight excluding hydrogens is 196 g/mol. The molecule has 0 aromatic heterocycles. The van der Waals surface area contributed by atoms with E-state index in [2.05, 4.69) is 25.7 Å². The van der Waals surface area contributed by atoms with Gasteiger partial charge in [-0.2, -0.15) is 0 Å². The van der Waals surface area contributed by atoms with Gasteiger partial charge in [-0.05, 0) is 37.6 Å². The highest BCUT2D eigenvalue weighted by Crippen LogP contribution is 2.31. The minimum Gasteiger partial charge on any atom is -0.329 e. The molecule has 0 aromatic rings. The number of nitrogens with two attached hydrogens (primary N) is 1. The lowest BCUT2D eigenvalue weighted by Gasteiger charge is -2.36. The Morgan fingerprint density at radius 3 is 2.19 bits per heavy atom. The topological polar surface area (TPSA) is 29.3 Å². The van der Waals surface area contributed by atoms with Crippen molar-refractivity contribution >= 4 is 0 Å². The summed E-state index contributed by atoms with van der Waals surface area (Å²) in [5.74, 6) is 1.77. The molecular formula is C14H30N2. The minimum atomic E-state index is 0.621. The first-order valence-electron chi connectivity index (χ1n) is 7.20. The van der Waals surface area contributed by atoms with Gasteiger partial charge in [-0.25, -0.2) is 0 Å². The van der Waals surface area contributed by atoms with Crippen molar-refractivity contribution in [3.05, 3.63) is 0 Å². The van der Waals surface area contributed by atoms with Gasteiger partial charge in [0.05, 0.1) is 0 Å². The summed E-state index contributed by atoms with van der Waals surface area (Å²) in [6, 6.07) is 0.621. The minimum absolute atomic E-state index is 0.621. The van der Waals surface area contributed by atoms with Gasteiger partial charge in [0.25, 0.3) is 0 Å². The summed E-state index contributed by atoms with van der Waals surface area (Å²) < 4.78 is 0. The van der Waals surface area contributed by atoms with E-state index in [1.807, 2.05) is 0 Å². The molecule has 0 heterocycles. The van der Waals surface area contributed by atoms with Crippen LogP contribution in [-0.2, 0) is 0 Å². The van der Waals surface area contributed by atoms with E-state index in [-0.39, 0.29) is 0 Å². The van der Waals surface area contributed by atoms with Gasteiger partial charge in [-0.3, -0.25) is 4.90 Å². The Morgan fingerprint density at radius 1 is 1.19 bits per heavy atom. The average molecular weight is 226 g/mol. The monoisotopic (exact) mass is 226 g/mol. The zero-order valence-electron chi connectivity index (χ0n) is 11.4. The van der Waals surface area contributed by atoms with Crippen LogP contribution in [0.4, 0.5) is 0 Å². The first-order chi connectivity index (χ1) is 7.76. The van der Waals surface area contributed by atoms with E-state index >= 15 is 0 Å². The van der Waals surface area contributed by atoms with Crippen molar-refractivity contribution in [2.45, 2.75) is 58.9 Å². The Bertz CT molecular complexity index is 174. The molecule has 0 radical (unpaired) electrons. The molecule has 0 spiro atoms. The van der Waals surface area contributed by atoms with Gasteiger partial charge in [0.15, 0.2) is 0 Å². The maximum absolute atomic E-state index is 6.01. The highest BCUT2D eigenvalue weighted by Gasteiger charge is 2.29. The maximum Gasteiger partial charge on any atom is 0.0246 e. The molecule has 16 heavy (non-hydrogen) atoms. The van der Waals surface area contributed by atoms with Crippen LogP contribution in [-0.4, -0.2) is 30.6 Å². The van der Waals surface area contributed by atoms with E-state index in [1.165, 1.54) is 45.2 Å². The standard InChI is InChI=1S/C14H30N2/c1-4-9-16(11-12-7-8-12)14(10-15)13(5-2)6-3/h12-14H,4-11,15H2,1-3H3. The van der Waals surface area contributed by atoms with Crippen LogP contribution in [0.15, 0.2) is 0 Å². The van der Waals surface area contributed by atoms with E-state index in [0.717, 1.165) is 18.4 Å². The summed E-state index contributed by atoms with van der Waals surface area (Å²) in [4.78, 5) is 2.68. The van der Waals surface area contributed by atoms with Gasteiger partial charge in [0.2, 0.25) is 0 Å². The van der Waals surface area contributed by atoms with Crippen molar-refractivity contribution in [2.24, 2.45) is 17.6 Å². The van der Waals surface area contributed by atoms with E-state index in [9.17, 15) is 0 Å². The second-order valence-electron chi connectivity index (χ2n) is 5.32. The fourth-order valence-electron chi connectivity index (χ4n) is 2.78. The largest absolute Gasteiger partial charge is 0.329 e. The molecule has 2 nitrogen and oxygen atoms in total. The van der Waals surface area contributed by atoms with Gasteiger partial charge in [0, 0.05) is 19.1 Å². The third kappa shape index (κ3) is 4.06. The van der Waals surface area contributed by atoms with Gasteiger partial charge in [0.1, 0.15) is 0 Å². The highest BCUT2D eigenvalue weighted by molar-refractivity contribution is 4.84. The van der Waals surface area contributed by atoms with Gasteiger partial charge in [-0.15, -0.1) is 0 Å². The summed E-state index contributed by atoms with van der Waals surface area (Å²) in [6.45, 7) is 10.2. The van der Waals surface area contributed by atoms with Crippen LogP contribution in [0, 0.1) is 11.8 Å². The Hall–Kier alpha value is -0.0800. The summed E-state index contributed by atoms with van der Waals surface area (Å²) in [5, 5.41) is 0. The van der Waals surface area contributed by atoms with Gasteiger partial charge < -0.3 is 5.73 Å². The third-order valence-electron chi connectivity index (χ3n) is 4.00. The van der Waals surface area contributed by atoms with Crippen molar-refractivity contribution in [1.82, 2.24) is 4.90 Å². The number of rotatable bonds is 9. The number of hydrogen-bond acceptors (Lipinski definition) is 2. The Labute approximate surface area is 102 Å². The van der Waals surface area contributed by atoms with Crippen LogP contribution in [0.1, 0.15) is 52.9 Å². The van der Waals surface area contributed by atoms with Crippen molar-refractivity contribution < 1.29 is 0 Å². The zero-order valence-corrected chi connectivity index (χ0v) is 11.4. The quantitative estimate of drug-likeness (QED) is 0.655. The van der Waals surface area contributed by atoms with Gasteiger partial charge in [-0.1, -0.05) is 33.6 Å². The molecule has 1 aliphatic carbocycles. The second-order valence-corrected chi connectivity index (χ2v) is 5.32. The van der Waals surface area contributed by atoms with E-state index in [4.69, 9.17) is 5.73 Å². The van der Waals surface area contributed by atoms with E-state index < -0.39 is 0 Å². The normalized spacial score (nSPS) is 18.4.